The average Bonchev–Trinajstić information content (AvgIpc) is 3.29. The van der Waals surface area contributed by atoms with Gasteiger partial charge in [-0.2, -0.15) is 4.39 Å². The minimum atomic E-state index is -0.668. The molecule has 0 spiro atoms. The third kappa shape index (κ3) is 6.73. The van der Waals surface area contributed by atoms with Crippen molar-refractivity contribution < 1.29 is 28.2 Å². The standard InChI is InChI=1S/C30H32FN3O5/c1-30(2,3)39-29(36)33-17-25(20-7-6-8-22(13-20)37-4)34-28(35)24-15-19(11-12-26(24)38-5)18-9-10-21-16-32-27(31)23(21)14-18/h6-15,25H,16-17H2,1-5H3,(H,33,36)(H,34,35). The second kappa shape index (κ2) is 11.6. The van der Waals surface area contributed by atoms with Gasteiger partial charge in [0.2, 0.25) is 5.97 Å². The molecule has 39 heavy (non-hydrogen) atoms. The number of amides is 2. The van der Waals surface area contributed by atoms with E-state index in [2.05, 4.69) is 15.6 Å². The SMILES string of the molecule is COc1cccc(C(CNC(=O)OC(C)(C)C)NC(=O)c2cc(-c3ccc4c(c3)C(F)=NC4)ccc2OC)c1. The van der Waals surface area contributed by atoms with Crippen molar-refractivity contribution in [2.45, 2.75) is 39.0 Å². The van der Waals surface area contributed by atoms with Gasteiger partial charge in [0.1, 0.15) is 17.1 Å². The Morgan fingerprint density at radius 3 is 2.46 bits per heavy atom. The summed E-state index contributed by atoms with van der Waals surface area (Å²) >= 11 is 0. The van der Waals surface area contributed by atoms with E-state index in [1.807, 2.05) is 24.3 Å². The highest BCUT2D eigenvalue weighted by Gasteiger charge is 2.23. The molecule has 0 fully saturated rings. The number of halogens is 1. The normalized spacial score (nSPS) is 13.1. The fourth-order valence-electron chi connectivity index (χ4n) is 4.24. The lowest BCUT2D eigenvalue weighted by atomic mass is 9.98. The van der Waals surface area contributed by atoms with Crippen LogP contribution in [-0.4, -0.2) is 44.3 Å². The van der Waals surface area contributed by atoms with Gasteiger partial charge in [-0.05, 0) is 73.4 Å². The van der Waals surface area contributed by atoms with E-state index >= 15 is 0 Å². The van der Waals surface area contributed by atoms with Gasteiger partial charge in [-0.25, -0.2) is 4.79 Å². The monoisotopic (exact) mass is 533 g/mol. The summed E-state index contributed by atoms with van der Waals surface area (Å²) in [7, 11) is 3.04. The molecule has 2 N–H and O–H groups in total. The van der Waals surface area contributed by atoms with Crippen molar-refractivity contribution in [1.29, 1.82) is 0 Å². The third-order valence-corrected chi connectivity index (χ3v) is 6.15. The molecule has 0 saturated heterocycles. The molecule has 1 aliphatic rings. The molecule has 0 aromatic heterocycles. The highest BCUT2D eigenvalue weighted by Crippen LogP contribution is 2.31. The Balaban J connectivity index is 1.62. The summed E-state index contributed by atoms with van der Waals surface area (Å²) in [6.07, 6.45) is -0.600. The first kappa shape index (κ1) is 27.6. The van der Waals surface area contributed by atoms with Crippen LogP contribution in [0.15, 0.2) is 65.7 Å². The molecule has 3 aromatic carbocycles. The van der Waals surface area contributed by atoms with E-state index in [4.69, 9.17) is 14.2 Å². The molecule has 1 aliphatic heterocycles. The number of aliphatic imine (C=N–C) groups is 1. The fraction of sp³-hybridized carbons (Fsp3) is 0.300. The highest BCUT2D eigenvalue weighted by molar-refractivity contribution is 6.00. The number of nitrogens with zero attached hydrogens (tertiary/aromatic N) is 1. The van der Waals surface area contributed by atoms with Crippen LogP contribution < -0.4 is 20.1 Å². The van der Waals surface area contributed by atoms with E-state index in [1.165, 1.54) is 7.11 Å². The van der Waals surface area contributed by atoms with Crippen LogP contribution in [0.5, 0.6) is 11.5 Å². The predicted octanol–water partition coefficient (Wildman–Crippen LogP) is 5.60. The van der Waals surface area contributed by atoms with E-state index in [0.717, 1.165) is 16.7 Å². The van der Waals surface area contributed by atoms with Gasteiger partial charge in [0.05, 0.1) is 32.4 Å². The number of carbonyl (C=O) groups excluding carboxylic acids is 2. The molecule has 1 atom stereocenters. The molecule has 2 amide bonds. The Bertz CT molecular complexity index is 1410. The maximum absolute atomic E-state index is 14.1. The summed E-state index contributed by atoms with van der Waals surface area (Å²) in [5.74, 6) is 0.0731. The number of methoxy groups -OCH3 is 2. The molecule has 1 unspecified atom stereocenters. The summed E-state index contributed by atoms with van der Waals surface area (Å²) in [6, 6.07) is 17.3. The number of fused-ring (bicyclic) bond motifs is 1. The van der Waals surface area contributed by atoms with Gasteiger partial charge in [0.25, 0.3) is 5.91 Å². The first-order chi connectivity index (χ1) is 18.6. The molecule has 0 saturated carbocycles. The number of benzene rings is 3. The minimum Gasteiger partial charge on any atom is -0.497 e. The van der Waals surface area contributed by atoms with E-state index < -0.39 is 29.6 Å². The third-order valence-electron chi connectivity index (χ3n) is 6.15. The van der Waals surface area contributed by atoms with E-state index in [9.17, 15) is 14.0 Å². The smallest absolute Gasteiger partial charge is 0.407 e. The average molecular weight is 534 g/mol. The quantitative estimate of drug-likeness (QED) is 0.393. The van der Waals surface area contributed by atoms with Crippen molar-refractivity contribution in [3.63, 3.8) is 0 Å². The van der Waals surface area contributed by atoms with E-state index in [0.29, 0.717) is 29.2 Å². The van der Waals surface area contributed by atoms with Gasteiger partial charge in [-0.3, -0.25) is 9.79 Å². The molecule has 9 heteroatoms. The zero-order valence-corrected chi connectivity index (χ0v) is 22.6. The molecular formula is C30H32FN3O5. The number of rotatable bonds is 8. The maximum atomic E-state index is 14.1. The Morgan fingerprint density at radius 2 is 1.74 bits per heavy atom. The van der Waals surface area contributed by atoms with Crippen LogP contribution in [0.25, 0.3) is 11.1 Å². The molecule has 3 aromatic rings. The topological polar surface area (TPSA) is 98.2 Å². The minimum absolute atomic E-state index is 0.0687. The lowest BCUT2D eigenvalue weighted by Crippen LogP contribution is -2.40. The number of carbonyl (C=O) groups is 2. The van der Waals surface area contributed by atoms with Crippen LogP contribution in [0.2, 0.25) is 0 Å². The number of alkyl carbamates (subject to hydrolysis) is 1. The van der Waals surface area contributed by atoms with Gasteiger partial charge in [0, 0.05) is 12.1 Å². The molecule has 204 valence electrons. The molecule has 0 aliphatic carbocycles. The zero-order valence-electron chi connectivity index (χ0n) is 22.6. The van der Waals surface area contributed by atoms with Crippen LogP contribution >= 0.6 is 0 Å². The summed E-state index contributed by atoms with van der Waals surface area (Å²) in [5, 5.41) is 5.73. The van der Waals surface area contributed by atoms with E-state index in [-0.39, 0.29) is 12.1 Å². The summed E-state index contributed by atoms with van der Waals surface area (Å²) in [5.41, 5.74) is 3.08. The number of hydrogen-bond donors (Lipinski definition) is 2. The molecule has 0 bridgehead atoms. The lowest BCUT2D eigenvalue weighted by Gasteiger charge is -2.23. The van der Waals surface area contributed by atoms with Crippen molar-refractivity contribution in [3.8, 4) is 22.6 Å². The van der Waals surface area contributed by atoms with Crippen molar-refractivity contribution >= 4 is 18.0 Å². The van der Waals surface area contributed by atoms with Gasteiger partial charge >= 0.3 is 6.09 Å². The Hall–Kier alpha value is -4.40. The van der Waals surface area contributed by atoms with Crippen LogP contribution in [0, 0.1) is 0 Å². The van der Waals surface area contributed by atoms with Crippen LogP contribution in [-0.2, 0) is 11.3 Å². The van der Waals surface area contributed by atoms with Crippen LogP contribution in [0.3, 0.4) is 0 Å². The Kier molecular flexibility index (Phi) is 8.18. The largest absolute Gasteiger partial charge is 0.497 e. The van der Waals surface area contributed by atoms with Crippen LogP contribution in [0.1, 0.15) is 53.9 Å². The number of ether oxygens (including phenoxy) is 3. The van der Waals surface area contributed by atoms with Crippen molar-refractivity contribution in [3.05, 3.63) is 82.9 Å². The maximum Gasteiger partial charge on any atom is 0.407 e. The van der Waals surface area contributed by atoms with Crippen molar-refractivity contribution in [2.24, 2.45) is 4.99 Å². The van der Waals surface area contributed by atoms with Crippen LogP contribution in [0.4, 0.5) is 9.18 Å². The number of hydrogen-bond acceptors (Lipinski definition) is 6. The van der Waals surface area contributed by atoms with Crippen molar-refractivity contribution in [2.75, 3.05) is 20.8 Å². The molecule has 1 heterocycles. The molecule has 0 radical (unpaired) electrons. The predicted molar refractivity (Wildman–Crippen MR) is 147 cm³/mol. The second-order valence-electron chi connectivity index (χ2n) is 10.1. The summed E-state index contributed by atoms with van der Waals surface area (Å²) in [4.78, 5) is 29.8. The van der Waals surface area contributed by atoms with Gasteiger partial charge in [-0.15, -0.1) is 0 Å². The van der Waals surface area contributed by atoms with Gasteiger partial charge in [-0.1, -0.05) is 30.3 Å². The summed E-state index contributed by atoms with van der Waals surface area (Å²) < 4.78 is 30.3. The molecular weight excluding hydrogens is 501 g/mol. The summed E-state index contributed by atoms with van der Waals surface area (Å²) in [6.45, 7) is 5.71. The first-order valence-electron chi connectivity index (χ1n) is 12.5. The molecule has 4 rings (SSSR count). The van der Waals surface area contributed by atoms with Crippen molar-refractivity contribution in [1.82, 2.24) is 10.6 Å². The second-order valence-corrected chi connectivity index (χ2v) is 10.1. The lowest BCUT2D eigenvalue weighted by molar-refractivity contribution is 0.0519. The Labute approximate surface area is 227 Å². The number of nitrogens with one attached hydrogen (secondary N) is 2. The first-order valence-corrected chi connectivity index (χ1v) is 12.5. The van der Waals surface area contributed by atoms with E-state index in [1.54, 1.807) is 64.3 Å². The highest BCUT2D eigenvalue weighted by atomic mass is 19.1. The molecule has 8 nitrogen and oxygen atoms in total. The van der Waals surface area contributed by atoms with Gasteiger partial charge < -0.3 is 24.8 Å². The Morgan fingerprint density at radius 1 is 1.00 bits per heavy atom. The zero-order chi connectivity index (χ0) is 28.2. The van der Waals surface area contributed by atoms with Gasteiger partial charge in [0.15, 0.2) is 0 Å². The fourth-order valence-corrected chi connectivity index (χ4v) is 4.24.